The number of unbranched alkanes of at least 4 members (excludes halogenated alkanes) is 3. The number of hydrogen-bond acceptors (Lipinski definition) is 5. The standard InChI is InChI=1S/C21H25BrN4OS/c1-2-3-4-5-13-28-21-24-20-23-16-7-6-8-17(27)18(16)19(26(20)25-21)14-9-11-15(22)12-10-14/h9-12,19H,2-8,13H2,1H3,(H,23,24,25). The average molecular weight is 461 g/mol. The van der Waals surface area contributed by atoms with Gasteiger partial charge in [0.1, 0.15) is 6.04 Å². The summed E-state index contributed by atoms with van der Waals surface area (Å²) in [7, 11) is 0. The van der Waals surface area contributed by atoms with E-state index >= 15 is 0 Å². The van der Waals surface area contributed by atoms with Crippen molar-refractivity contribution in [3.63, 3.8) is 0 Å². The summed E-state index contributed by atoms with van der Waals surface area (Å²) >= 11 is 5.21. The predicted octanol–water partition coefficient (Wildman–Crippen LogP) is 5.74. The Bertz CT molecular complexity index is 890. The van der Waals surface area contributed by atoms with Gasteiger partial charge in [0.2, 0.25) is 11.1 Å². The Balaban J connectivity index is 1.64. The number of aromatic nitrogens is 3. The second kappa shape index (κ2) is 8.82. The normalized spacial score (nSPS) is 18.6. The molecule has 0 spiro atoms. The van der Waals surface area contributed by atoms with Gasteiger partial charge in [-0.05, 0) is 37.0 Å². The second-order valence-corrected chi connectivity index (χ2v) is 9.30. The zero-order valence-electron chi connectivity index (χ0n) is 16.1. The van der Waals surface area contributed by atoms with E-state index in [4.69, 9.17) is 10.1 Å². The molecule has 1 N–H and O–H groups in total. The molecule has 1 aromatic heterocycles. The maximum atomic E-state index is 12.8. The fourth-order valence-electron chi connectivity index (χ4n) is 3.84. The molecule has 0 radical (unpaired) electrons. The monoisotopic (exact) mass is 460 g/mol. The van der Waals surface area contributed by atoms with Gasteiger partial charge in [0, 0.05) is 27.9 Å². The van der Waals surface area contributed by atoms with E-state index in [1.807, 2.05) is 16.8 Å². The van der Waals surface area contributed by atoms with Crippen LogP contribution in [0.2, 0.25) is 0 Å². The highest BCUT2D eigenvalue weighted by Gasteiger charge is 2.36. The van der Waals surface area contributed by atoms with Crippen molar-refractivity contribution in [2.45, 2.75) is 63.1 Å². The Morgan fingerprint density at radius 1 is 1.21 bits per heavy atom. The molecule has 28 heavy (non-hydrogen) atoms. The zero-order chi connectivity index (χ0) is 19.5. The van der Waals surface area contributed by atoms with Crippen molar-refractivity contribution < 1.29 is 4.79 Å². The minimum absolute atomic E-state index is 0.200. The minimum atomic E-state index is -0.200. The summed E-state index contributed by atoms with van der Waals surface area (Å²) in [4.78, 5) is 17.5. The SMILES string of the molecule is CCCCCCSc1nc2n(n1)C(c1ccc(Br)cc1)C1=C(CCCC1=O)N2. The van der Waals surface area contributed by atoms with Crippen LogP contribution in [-0.2, 0) is 4.79 Å². The van der Waals surface area contributed by atoms with Gasteiger partial charge in [-0.15, -0.1) is 5.10 Å². The third-order valence-corrected chi connectivity index (χ3v) is 6.72. The molecule has 2 aliphatic rings. The molecule has 1 atom stereocenters. The predicted molar refractivity (Wildman–Crippen MR) is 117 cm³/mol. The van der Waals surface area contributed by atoms with Crippen molar-refractivity contribution in [3.05, 3.63) is 45.6 Å². The molecule has 2 heterocycles. The van der Waals surface area contributed by atoms with Gasteiger partial charge in [-0.3, -0.25) is 4.79 Å². The summed E-state index contributed by atoms with van der Waals surface area (Å²) in [5.41, 5.74) is 2.94. The van der Waals surface area contributed by atoms with E-state index in [0.717, 1.165) is 51.0 Å². The van der Waals surface area contributed by atoms with Crippen LogP contribution in [0.15, 0.2) is 45.2 Å². The van der Waals surface area contributed by atoms with E-state index in [1.165, 1.54) is 25.7 Å². The van der Waals surface area contributed by atoms with Gasteiger partial charge < -0.3 is 5.32 Å². The van der Waals surface area contributed by atoms with Crippen molar-refractivity contribution in [3.8, 4) is 0 Å². The molecule has 148 valence electrons. The molecule has 0 saturated carbocycles. The van der Waals surface area contributed by atoms with Crippen molar-refractivity contribution in [2.75, 3.05) is 11.1 Å². The molecule has 1 aliphatic carbocycles. The first kappa shape index (κ1) is 19.7. The number of fused-ring (bicyclic) bond motifs is 1. The number of carbonyl (C=O) groups excluding carboxylic acids is 1. The van der Waals surface area contributed by atoms with Crippen LogP contribution in [0, 0.1) is 0 Å². The van der Waals surface area contributed by atoms with Gasteiger partial charge >= 0.3 is 0 Å². The molecule has 0 saturated heterocycles. The van der Waals surface area contributed by atoms with Crippen LogP contribution in [0.3, 0.4) is 0 Å². The first-order valence-corrected chi connectivity index (χ1v) is 11.8. The van der Waals surface area contributed by atoms with Crippen molar-refractivity contribution in [1.82, 2.24) is 14.8 Å². The molecular formula is C21H25BrN4OS. The molecule has 1 aromatic carbocycles. The van der Waals surface area contributed by atoms with E-state index in [1.54, 1.807) is 11.8 Å². The van der Waals surface area contributed by atoms with Gasteiger partial charge in [-0.25, -0.2) is 4.68 Å². The number of ketones is 1. The summed E-state index contributed by atoms with van der Waals surface area (Å²) in [5, 5.41) is 8.96. The van der Waals surface area contributed by atoms with Gasteiger partial charge in [-0.1, -0.05) is 66.0 Å². The van der Waals surface area contributed by atoms with Crippen LogP contribution in [-0.4, -0.2) is 26.3 Å². The van der Waals surface area contributed by atoms with Crippen molar-refractivity contribution >= 4 is 39.4 Å². The number of thioether (sulfide) groups is 1. The van der Waals surface area contributed by atoms with Crippen LogP contribution in [0.1, 0.15) is 63.5 Å². The number of nitrogens with one attached hydrogen (secondary N) is 1. The van der Waals surface area contributed by atoms with Crippen LogP contribution in [0.4, 0.5) is 5.95 Å². The van der Waals surface area contributed by atoms with E-state index in [2.05, 4.69) is 40.3 Å². The summed E-state index contributed by atoms with van der Waals surface area (Å²) < 4.78 is 2.93. The van der Waals surface area contributed by atoms with Crippen molar-refractivity contribution in [1.29, 1.82) is 0 Å². The van der Waals surface area contributed by atoms with Gasteiger partial charge in [0.05, 0.1) is 0 Å². The number of halogens is 1. The Morgan fingerprint density at radius 3 is 2.82 bits per heavy atom. The number of rotatable bonds is 7. The molecule has 5 nitrogen and oxygen atoms in total. The van der Waals surface area contributed by atoms with Crippen molar-refractivity contribution in [2.24, 2.45) is 0 Å². The first-order valence-electron chi connectivity index (χ1n) is 10.1. The molecule has 0 amide bonds. The van der Waals surface area contributed by atoms with E-state index in [-0.39, 0.29) is 11.8 Å². The average Bonchev–Trinajstić information content (AvgIpc) is 3.09. The third kappa shape index (κ3) is 4.06. The summed E-state index contributed by atoms with van der Waals surface area (Å²) in [6.07, 6.45) is 7.34. The number of nitrogens with zero attached hydrogens (tertiary/aromatic N) is 3. The summed E-state index contributed by atoms with van der Waals surface area (Å²) in [6, 6.07) is 7.97. The highest BCUT2D eigenvalue weighted by atomic mass is 79.9. The molecule has 4 rings (SSSR count). The van der Waals surface area contributed by atoms with Gasteiger partial charge in [-0.2, -0.15) is 4.98 Å². The smallest absolute Gasteiger partial charge is 0.227 e. The van der Waals surface area contributed by atoms with Gasteiger partial charge in [0.25, 0.3) is 0 Å². The lowest BCUT2D eigenvalue weighted by molar-refractivity contribution is -0.116. The molecule has 1 aliphatic heterocycles. The van der Waals surface area contributed by atoms with Crippen LogP contribution >= 0.6 is 27.7 Å². The second-order valence-electron chi connectivity index (χ2n) is 7.32. The maximum Gasteiger partial charge on any atom is 0.227 e. The summed E-state index contributed by atoms with van der Waals surface area (Å²) in [5.74, 6) is 1.99. The Kier molecular flexibility index (Phi) is 6.21. The Morgan fingerprint density at radius 2 is 2.04 bits per heavy atom. The Labute approximate surface area is 178 Å². The number of Topliss-reactive ketones (excluding diaryl/α,β-unsaturated/α-hetero) is 1. The maximum absolute atomic E-state index is 12.8. The lowest BCUT2D eigenvalue weighted by Crippen LogP contribution is -2.31. The Hall–Kier alpha value is -1.60. The molecule has 1 unspecified atom stereocenters. The largest absolute Gasteiger partial charge is 0.328 e. The molecule has 0 fully saturated rings. The van der Waals surface area contributed by atoms with Crippen LogP contribution in [0.5, 0.6) is 0 Å². The quantitative estimate of drug-likeness (QED) is 0.421. The molecule has 2 aromatic rings. The van der Waals surface area contributed by atoms with Crippen LogP contribution in [0.25, 0.3) is 0 Å². The lowest BCUT2D eigenvalue weighted by Gasteiger charge is -2.32. The topological polar surface area (TPSA) is 59.8 Å². The van der Waals surface area contributed by atoms with E-state index in [0.29, 0.717) is 6.42 Å². The number of allylic oxidation sites excluding steroid dienone is 2. The fraction of sp³-hybridized carbons (Fsp3) is 0.476. The fourth-order valence-corrected chi connectivity index (χ4v) is 4.94. The number of hydrogen-bond donors (Lipinski definition) is 1. The third-order valence-electron chi connectivity index (χ3n) is 5.26. The van der Waals surface area contributed by atoms with E-state index in [9.17, 15) is 4.79 Å². The zero-order valence-corrected chi connectivity index (χ0v) is 18.5. The number of benzene rings is 1. The minimum Gasteiger partial charge on any atom is -0.328 e. The first-order chi connectivity index (χ1) is 13.7. The van der Waals surface area contributed by atoms with Crippen LogP contribution < -0.4 is 5.32 Å². The molecular weight excluding hydrogens is 436 g/mol. The van der Waals surface area contributed by atoms with E-state index < -0.39 is 0 Å². The molecule has 7 heteroatoms. The number of anilines is 1. The molecule has 0 bridgehead atoms. The highest BCUT2D eigenvalue weighted by molar-refractivity contribution is 9.10. The lowest BCUT2D eigenvalue weighted by atomic mass is 9.85. The highest BCUT2D eigenvalue weighted by Crippen LogP contribution is 2.40. The summed E-state index contributed by atoms with van der Waals surface area (Å²) in [6.45, 7) is 2.22. The number of carbonyl (C=O) groups is 1. The van der Waals surface area contributed by atoms with Gasteiger partial charge in [0.15, 0.2) is 5.78 Å².